The van der Waals surface area contributed by atoms with E-state index >= 15 is 0 Å². The second-order valence-electron chi connectivity index (χ2n) is 3.31. The number of hydrogen-bond donors (Lipinski definition) is 3. The average molecular weight is 247 g/mol. The highest BCUT2D eigenvalue weighted by molar-refractivity contribution is 6.42. The van der Waals surface area contributed by atoms with E-state index in [0.717, 1.165) is 4.68 Å². The van der Waals surface area contributed by atoms with E-state index in [1.165, 1.54) is 24.8 Å². The van der Waals surface area contributed by atoms with Crippen LogP contribution in [-0.4, -0.2) is 31.8 Å². The van der Waals surface area contributed by atoms with Crippen LogP contribution in [0.25, 0.3) is 0 Å². The van der Waals surface area contributed by atoms with Crippen molar-refractivity contribution < 1.29 is 14.7 Å². The minimum absolute atomic E-state index is 0.00739. The number of phenols is 1. The number of carbonyl (C=O) groups excluding carboxylic acids is 2. The van der Waals surface area contributed by atoms with Gasteiger partial charge in [0.2, 0.25) is 0 Å². The van der Waals surface area contributed by atoms with Crippen LogP contribution in [-0.2, 0) is 9.59 Å². The zero-order valence-corrected chi connectivity index (χ0v) is 9.07. The van der Waals surface area contributed by atoms with Crippen molar-refractivity contribution in [2.24, 2.45) is 0 Å². The van der Waals surface area contributed by atoms with E-state index in [-0.39, 0.29) is 5.75 Å². The van der Waals surface area contributed by atoms with Crippen molar-refractivity contribution in [1.82, 2.24) is 14.9 Å². The van der Waals surface area contributed by atoms with Crippen molar-refractivity contribution >= 4 is 17.5 Å². The van der Waals surface area contributed by atoms with Gasteiger partial charge in [0, 0.05) is 11.8 Å². The first-order valence-corrected chi connectivity index (χ1v) is 4.91. The average Bonchev–Trinajstić information content (AvgIpc) is 2.81. The minimum atomic E-state index is -0.877. The van der Waals surface area contributed by atoms with E-state index < -0.39 is 11.8 Å². The van der Waals surface area contributed by atoms with Crippen LogP contribution in [0.1, 0.15) is 0 Å². The largest absolute Gasteiger partial charge is 0.508 e. The molecule has 2 rings (SSSR count). The predicted octanol–water partition coefficient (Wildman–Crippen LogP) is -0.308. The molecule has 0 fully saturated rings. The molecule has 0 aliphatic heterocycles. The molecule has 1 heterocycles. The summed E-state index contributed by atoms with van der Waals surface area (Å²) in [5, 5.41) is 18.5. The summed E-state index contributed by atoms with van der Waals surface area (Å²) in [4.78, 5) is 22.9. The van der Waals surface area contributed by atoms with Crippen LogP contribution in [0.2, 0.25) is 0 Å². The molecule has 2 aromatic rings. The van der Waals surface area contributed by atoms with Crippen LogP contribution in [0.15, 0.2) is 36.9 Å². The number of anilines is 1. The number of rotatable bonds is 2. The Kier molecular flexibility index (Phi) is 3.19. The van der Waals surface area contributed by atoms with Gasteiger partial charge in [0.25, 0.3) is 0 Å². The summed E-state index contributed by atoms with van der Waals surface area (Å²) < 4.78 is 1.14. The fourth-order valence-electron chi connectivity index (χ4n) is 1.20. The lowest BCUT2D eigenvalue weighted by molar-refractivity contribution is -0.133. The first-order valence-electron chi connectivity index (χ1n) is 4.91. The number of aromatic hydroxyl groups is 1. The van der Waals surface area contributed by atoms with Gasteiger partial charge in [-0.3, -0.25) is 15.0 Å². The molecule has 0 radical (unpaired) electrons. The van der Waals surface area contributed by atoms with Crippen molar-refractivity contribution in [3.8, 4) is 5.75 Å². The van der Waals surface area contributed by atoms with Crippen molar-refractivity contribution in [3.63, 3.8) is 0 Å². The van der Waals surface area contributed by atoms with Crippen LogP contribution < -0.4 is 10.7 Å². The SMILES string of the molecule is O=C(Nc1cccc(O)c1)C(=O)Nn1cnnc1. The van der Waals surface area contributed by atoms with Gasteiger partial charge in [-0.2, -0.15) is 0 Å². The summed E-state index contributed by atoms with van der Waals surface area (Å²) in [5.41, 5.74) is 2.55. The van der Waals surface area contributed by atoms with E-state index in [9.17, 15) is 14.7 Å². The zero-order valence-electron chi connectivity index (χ0n) is 9.07. The lowest BCUT2D eigenvalue weighted by Gasteiger charge is -2.06. The monoisotopic (exact) mass is 247 g/mol. The molecule has 0 unspecified atom stereocenters. The highest BCUT2D eigenvalue weighted by atomic mass is 16.3. The summed E-state index contributed by atoms with van der Waals surface area (Å²) >= 11 is 0. The summed E-state index contributed by atoms with van der Waals surface area (Å²) in [5.74, 6) is -1.75. The molecule has 92 valence electrons. The number of nitrogens with zero attached hydrogens (tertiary/aromatic N) is 3. The number of carbonyl (C=O) groups is 2. The van der Waals surface area contributed by atoms with Gasteiger partial charge in [-0.15, -0.1) is 10.2 Å². The van der Waals surface area contributed by atoms with Gasteiger partial charge < -0.3 is 10.4 Å². The quantitative estimate of drug-likeness (QED) is 0.631. The van der Waals surface area contributed by atoms with Crippen LogP contribution in [0.5, 0.6) is 5.75 Å². The summed E-state index contributed by atoms with van der Waals surface area (Å²) in [6.07, 6.45) is 2.47. The van der Waals surface area contributed by atoms with Gasteiger partial charge >= 0.3 is 11.8 Å². The number of aromatic nitrogens is 3. The smallest absolute Gasteiger partial charge is 0.328 e. The Balaban J connectivity index is 1.97. The fourth-order valence-corrected chi connectivity index (χ4v) is 1.20. The zero-order chi connectivity index (χ0) is 13.0. The maximum atomic E-state index is 11.5. The van der Waals surface area contributed by atoms with E-state index in [1.54, 1.807) is 12.1 Å². The molecule has 0 aliphatic rings. The number of nitrogens with one attached hydrogen (secondary N) is 2. The molecule has 3 N–H and O–H groups in total. The molecule has 1 aromatic carbocycles. The Morgan fingerprint density at radius 1 is 1.17 bits per heavy atom. The Bertz CT molecular complexity index is 567. The second kappa shape index (κ2) is 4.95. The third-order valence-corrected chi connectivity index (χ3v) is 1.96. The van der Waals surface area contributed by atoms with Crippen LogP contribution >= 0.6 is 0 Å². The second-order valence-corrected chi connectivity index (χ2v) is 3.31. The lowest BCUT2D eigenvalue weighted by Crippen LogP contribution is -2.33. The normalized spacial score (nSPS) is 9.78. The molecular formula is C10H9N5O3. The van der Waals surface area contributed by atoms with Crippen LogP contribution in [0.4, 0.5) is 5.69 Å². The van der Waals surface area contributed by atoms with E-state index in [0.29, 0.717) is 5.69 Å². The molecule has 2 amide bonds. The van der Waals surface area contributed by atoms with Crippen molar-refractivity contribution in [2.75, 3.05) is 10.7 Å². The molecule has 1 aromatic heterocycles. The van der Waals surface area contributed by atoms with Gasteiger partial charge in [-0.25, -0.2) is 4.68 Å². The predicted molar refractivity (Wildman–Crippen MR) is 61.1 cm³/mol. The van der Waals surface area contributed by atoms with Gasteiger partial charge in [0.1, 0.15) is 18.4 Å². The van der Waals surface area contributed by atoms with Crippen molar-refractivity contribution in [2.45, 2.75) is 0 Å². The molecule has 8 heteroatoms. The maximum absolute atomic E-state index is 11.5. The number of benzene rings is 1. The topological polar surface area (TPSA) is 109 Å². The number of amides is 2. The molecule has 0 saturated carbocycles. The lowest BCUT2D eigenvalue weighted by atomic mass is 10.3. The molecule has 0 aliphatic carbocycles. The maximum Gasteiger partial charge on any atom is 0.328 e. The number of hydrogen-bond acceptors (Lipinski definition) is 5. The molecule has 18 heavy (non-hydrogen) atoms. The van der Waals surface area contributed by atoms with Gasteiger partial charge in [0.15, 0.2) is 0 Å². The summed E-state index contributed by atoms with van der Waals surface area (Å²) in [6.45, 7) is 0. The van der Waals surface area contributed by atoms with E-state index in [1.807, 2.05) is 0 Å². The Morgan fingerprint density at radius 3 is 2.56 bits per heavy atom. The van der Waals surface area contributed by atoms with Gasteiger partial charge in [0.05, 0.1) is 0 Å². The molecule has 0 bridgehead atoms. The Labute approximate surface area is 101 Å². The molecule has 8 nitrogen and oxygen atoms in total. The molecule has 0 saturated heterocycles. The highest BCUT2D eigenvalue weighted by Gasteiger charge is 2.14. The first-order chi connectivity index (χ1) is 8.65. The van der Waals surface area contributed by atoms with Crippen molar-refractivity contribution in [3.05, 3.63) is 36.9 Å². The van der Waals surface area contributed by atoms with Crippen LogP contribution in [0.3, 0.4) is 0 Å². The standard InChI is InChI=1S/C10H9N5O3/c16-8-3-1-2-7(4-8)13-9(17)10(18)14-15-5-11-12-6-15/h1-6,16H,(H,13,17)(H,14,18). The van der Waals surface area contributed by atoms with Gasteiger partial charge in [-0.05, 0) is 12.1 Å². The summed E-state index contributed by atoms with van der Waals surface area (Å²) in [6, 6.07) is 5.86. The molecule has 0 atom stereocenters. The third kappa shape index (κ3) is 2.82. The third-order valence-electron chi connectivity index (χ3n) is 1.96. The molecule has 0 spiro atoms. The summed E-state index contributed by atoms with van der Waals surface area (Å²) in [7, 11) is 0. The Hall–Kier alpha value is -2.90. The highest BCUT2D eigenvalue weighted by Crippen LogP contribution is 2.14. The number of phenolic OH excluding ortho intramolecular Hbond substituents is 1. The Morgan fingerprint density at radius 2 is 1.89 bits per heavy atom. The minimum Gasteiger partial charge on any atom is -0.508 e. The van der Waals surface area contributed by atoms with Crippen molar-refractivity contribution in [1.29, 1.82) is 0 Å². The first kappa shape index (κ1) is 11.6. The van der Waals surface area contributed by atoms with Gasteiger partial charge in [-0.1, -0.05) is 6.07 Å². The molecular weight excluding hydrogens is 238 g/mol. The van der Waals surface area contributed by atoms with E-state index in [4.69, 9.17) is 0 Å². The van der Waals surface area contributed by atoms with E-state index in [2.05, 4.69) is 20.9 Å². The fraction of sp³-hybridized carbons (Fsp3) is 0. The van der Waals surface area contributed by atoms with Crippen LogP contribution in [0, 0.1) is 0 Å².